The van der Waals surface area contributed by atoms with Crippen LogP contribution in [0.1, 0.15) is 25.0 Å². The number of anilines is 2. The average Bonchev–Trinajstić information content (AvgIpc) is 2.76. The molecule has 1 aromatic heterocycles. The molecule has 0 spiro atoms. The van der Waals surface area contributed by atoms with E-state index in [-0.39, 0.29) is 5.15 Å². The van der Waals surface area contributed by atoms with Crippen molar-refractivity contribution in [3.63, 3.8) is 0 Å². The minimum atomic E-state index is 0.259. The zero-order valence-electron chi connectivity index (χ0n) is 11.3. The Morgan fingerprint density at radius 3 is 2.95 bits per heavy atom. The molecule has 0 atom stereocenters. The first-order valence-electron chi connectivity index (χ1n) is 6.24. The molecule has 0 aliphatic carbocycles. The SMILES string of the molecule is CC(C)Nc1cccc(CNc2snc(Cl)c2C#N)c1. The van der Waals surface area contributed by atoms with Gasteiger partial charge in [0.15, 0.2) is 5.15 Å². The van der Waals surface area contributed by atoms with Crippen molar-refractivity contribution in [1.29, 1.82) is 5.26 Å². The lowest BCUT2D eigenvalue weighted by Crippen LogP contribution is -2.10. The van der Waals surface area contributed by atoms with Crippen LogP contribution >= 0.6 is 23.1 Å². The van der Waals surface area contributed by atoms with Gasteiger partial charge in [-0.25, -0.2) is 0 Å². The molecule has 0 fully saturated rings. The first-order chi connectivity index (χ1) is 9.60. The van der Waals surface area contributed by atoms with Crippen molar-refractivity contribution in [1.82, 2.24) is 4.37 Å². The van der Waals surface area contributed by atoms with Crippen LogP contribution in [0.5, 0.6) is 0 Å². The Labute approximate surface area is 127 Å². The van der Waals surface area contributed by atoms with E-state index in [0.717, 1.165) is 11.3 Å². The number of halogens is 1. The summed E-state index contributed by atoms with van der Waals surface area (Å²) in [4.78, 5) is 0. The molecular formula is C14H15ClN4S. The fourth-order valence-corrected chi connectivity index (χ4v) is 2.70. The van der Waals surface area contributed by atoms with E-state index in [2.05, 4.69) is 41.0 Å². The fourth-order valence-electron chi connectivity index (χ4n) is 1.78. The van der Waals surface area contributed by atoms with Crippen molar-refractivity contribution in [2.45, 2.75) is 26.4 Å². The van der Waals surface area contributed by atoms with Crippen LogP contribution in [0.25, 0.3) is 0 Å². The number of hydrogen-bond acceptors (Lipinski definition) is 5. The number of hydrogen-bond donors (Lipinski definition) is 2. The minimum absolute atomic E-state index is 0.259. The Balaban J connectivity index is 2.05. The van der Waals surface area contributed by atoms with E-state index in [0.29, 0.717) is 23.2 Å². The molecule has 2 N–H and O–H groups in total. The fraction of sp³-hybridized carbons (Fsp3) is 0.286. The Bertz CT molecular complexity index is 630. The van der Waals surface area contributed by atoms with Gasteiger partial charge in [0.25, 0.3) is 0 Å². The number of nitriles is 1. The van der Waals surface area contributed by atoms with Gasteiger partial charge in [-0.3, -0.25) is 0 Å². The van der Waals surface area contributed by atoms with Crippen LogP contribution in [0.3, 0.4) is 0 Å². The molecule has 0 radical (unpaired) electrons. The Morgan fingerprint density at radius 2 is 2.25 bits per heavy atom. The van der Waals surface area contributed by atoms with E-state index >= 15 is 0 Å². The van der Waals surface area contributed by atoms with Gasteiger partial charge >= 0.3 is 0 Å². The van der Waals surface area contributed by atoms with Crippen molar-refractivity contribution < 1.29 is 0 Å². The summed E-state index contributed by atoms with van der Waals surface area (Å²) in [5, 5.41) is 16.5. The third kappa shape index (κ3) is 3.62. The van der Waals surface area contributed by atoms with E-state index in [1.54, 1.807) is 0 Å². The van der Waals surface area contributed by atoms with Crippen LogP contribution in [0.2, 0.25) is 5.15 Å². The van der Waals surface area contributed by atoms with Crippen molar-refractivity contribution in [3.05, 3.63) is 40.5 Å². The average molecular weight is 307 g/mol. The molecule has 1 aromatic carbocycles. The Hall–Kier alpha value is -1.77. The number of benzene rings is 1. The van der Waals surface area contributed by atoms with Gasteiger partial charge in [-0.1, -0.05) is 23.7 Å². The lowest BCUT2D eigenvalue weighted by Gasteiger charge is -2.11. The maximum atomic E-state index is 9.01. The molecule has 0 aliphatic heterocycles. The second kappa shape index (κ2) is 6.60. The van der Waals surface area contributed by atoms with E-state index < -0.39 is 0 Å². The molecule has 4 nitrogen and oxygen atoms in total. The van der Waals surface area contributed by atoms with Crippen LogP contribution in [-0.4, -0.2) is 10.4 Å². The Kier molecular flexibility index (Phi) is 4.83. The quantitative estimate of drug-likeness (QED) is 0.873. The summed E-state index contributed by atoms with van der Waals surface area (Å²) < 4.78 is 3.97. The van der Waals surface area contributed by atoms with Gasteiger partial charge in [0.1, 0.15) is 16.6 Å². The summed E-state index contributed by atoms with van der Waals surface area (Å²) in [5.41, 5.74) is 2.62. The second-order valence-corrected chi connectivity index (χ2v) is 5.77. The van der Waals surface area contributed by atoms with E-state index in [1.165, 1.54) is 11.5 Å². The van der Waals surface area contributed by atoms with Gasteiger partial charge in [-0.15, -0.1) is 0 Å². The van der Waals surface area contributed by atoms with Crippen molar-refractivity contribution in [2.75, 3.05) is 10.6 Å². The highest BCUT2D eigenvalue weighted by Crippen LogP contribution is 2.28. The molecular weight excluding hydrogens is 292 g/mol. The molecule has 0 bridgehead atoms. The molecule has 0 amide bonds. The van der Waals surface area contributed by atoms with Crippen LogP contribution in [0.4, 0.5) is 10.7 Å². The summed E-state index contributed by atoms with van der Waals surface area (Å²) in [7, 11) is 0. The summed E-state index contributed by atoms with van der Waals surface area (Å²) in [5.74, 6) is 0. The maximum absolute atomic E-state index is 9.01. The monoisotopic (exact) mass is 306 g/mol. The normalized spacial score (nSPS) is 10.3. The first-order valence-corrected chi connectivity index (χ1v) is 7.40. The molecule has 0 aliphatic rings. The Morgan fingerprint density at radius 1 is 1.45 bits per heavy atom. The molecule has 0 unspecified atom stereocenters. The molecule has 0 saturated carbocycles. The van der Waals surface area contributed by atoms with Gasteiger partial charge < -0.3 is 10.6 Å². The lowest BCUT2D eigenvalue weighted by atomic mass is 10.2. The third-order valence-electron chi connectivity index (χ3n) is 2.60. The highest BCUT2D eigenvalue weighted by molar-refractivity contribution is 7.10. The number of nitrogens with zero attached hydrogens (tertiary/aromatic N) is 2. The van der Waals surface area contributed by atoms with Crippen molar-refractivity contribution in [2.24, 2.45) is 0 Å². The van der Waals surface area contributed by atoms with Gasteiger partial charge in [-0.2, -0.15) is 9.64 Å². The summed E-state index contributed by atoms with van der Waals surface area (Å²) in [6.45, 7) is 4.83. The third-order valence-corrected chi connectivity index (χ3v) is 3.78. The van der Waals surface area contributed by atoms with Gasteiger partial charge in [0.05, 0.1) is 0 Å². The van der Waals surface area contributed by atoms with Crippen LogP contribution in [0, 0.1) is 11.3 Å². The largest absolute Gasteiger partial charge is 0.383 e. The molecule has 104 valence electrons. The maximum Gasteiger partial charge on any atom is 0.162 e. The minimum Gasteiger partial charge on any atom is -0.383 e. The van der Waals surface area contributed by atoms with Gasteiger partial charge in [0.2, 0.25) is 0 Å². The highest BCUT2D eigenvalue weighted by Gasteiger charge is 2.11. The molecule has 1 heterocycles. The molecule has 2 rings (SSSR count). The second-order valence-electron chi connectivity index (χ2n) is 4.64. The van der Waals surface area contributed by atoms with E-state index in [1.807, 2.05) is 18.2 Å². The van der Waals surface area contributed by atoms with E-state index in [9.17, 15) is 0 Å². The van der Waals surface area contributed by atoms with Crippen LogP contribution in [0.15, 0.2) is 24.3 Å². The number of aromatic nitrogens is 1. The smallest absolute Gasteiger partial charge is 0.162 e. The van der Waals surface area contributed by atoms with Crippen molar-refractivity contribution in [3.8, 4) is 6.07 Å². The zero-order valence-corrected chi connectivity index (χ0v) is 12.8. The van der Waals surface area contributed by atoms with Crippen molar-refractivity contribution >= 4 is 33.8 Å². The zero-order chi connectivity index (χ0) is 14.5. The van der Waals surface area contributed by atoms with Gasteiger partial charge in [0, 0.05) is 18.3 Å². The molecule has 6 heteroatoms. The van der Waals surface area contributed by atoms with Crippen LogP contribution < -0.4 is 10.6 Å². The topological polar surface area (TPSA) is 60.7 Å². The summed E-state index contributed by atoms with van der Waals surface area (Å²) in [6, 6.07) is 10.6. The first kappa shape index (κ1) is 14.6. The van der Waals surface area contributed by atoms with E-state index in [4.69, 9.17) is 16.9 Å². The van der Waals surface area contributed by atoms with Crippen LogP contribution in [-0.2, 0) is 6.54 Å². The predicted molar refractivity (Wildman–Crippen MR) is 84.4 cm³/mol. The summed E-state index contributed by atoms with van der Waals surface area (Å²) >= 11 is 7.04. The predicted octanol–water partition coefficient (Wildman–Crippen LogP) is 4.10. The molecule has 0 saturated heterocycles. The number of rotatable bonds is 5. The molecule has 20 heavy (non-hydrogen) atoms. The summed E-state index contributed by atoms with van der Waals surface area (Å²) in [6.07, 6.45) is 0. The van der Waals surface area contributed by atoms with Gasteiger partial charge in [-0.05, 0) is 43.1 Å². The highest BCUT2D eigenvalue weighted by atomic mass is 35.5. The standard InChI is InChI=1S/C14H15ClN4S/c1-9(2)18-11-5-3-4-10(6-11)8-17-14-12(7-16)13(15)19-20-14/h3-6,9,17-18H,8H2,1-2H3. The lowest BCUT2D eigenvalue weighted by molar-refractivity contribution is 0.899. The number of nitrogens with one attached hydrogen (secondary N) is 2. The molecule has 2 aromatic rings.